The van der Waals surface area contributed by atoms with Gasteiger partial charge in [0.05, 0.1) is 0 Å². The molecule has 2 rings (SSSR count). The first-order chi connectivity index (χ1) is 15.5. The maximum Gasteiger partial charge on any atom is 0.0208 e. The van der Waals surface area contributed by atoms with Gasteiger partial charge in [-0.1, -0.05) is 96.4 Å². The lowest BCUT2D eigenvalue weighted by Gasteiger charge is -2.35. The van der Waals surface area contributed by atoms with Crippen molar-refractivity contribution in [1.29, 1.82) is 0 Å². The van der Waals surface area contributed by atoms with Gasteiger partial charge in [0.15, 0.2) is 0 Å². The van der Waals surface area contributed by atoms with Gasteiger partial charge in [-0.3, -0.25) is 0 Å². The minimum atomic E-state index is 0.116. The Bertz CT molecular complexity index is 1070. The molecule has 0 N–H and O–H groups in total. The number of benzene rings is 1. The van der Waals surface area contributed by atoms with E-state index in [1.807, 2.05) is 0 Å². The van der Waals surface area contributed by atoms with Crippen LogP contribution in [-0.2, 0) is 0 Å². The van der Waals surface area contributed by atoms with Gasteiger partial charge in [0.2, 0.25) is 0 Å². The molecule has 180 valence electrons. The quantitative estimate of drug-likeness (QED) is 0.338. The van der Waals surface area contributed by atoms with Gasteiger partial charge in [-0.05, 0) is 103 Å². The van der Waals surface area contributed by atoms with Gasteiger partial charge < -0.3 is 0 Å². The molecule has 0 bridgehead atoms. The topological polar surface area (TPSA) is 0 Å². The Morgan fingerprint density at radius 1 is 0.848 bits per heavy atom. The fourth-order valence-electron chi connectivity index (χ4n) is 5.58. The van der Waals surface area contributed by atoms with Gasteiger partial charge in [-0.2, -0.15) is 0 Å². The van der Waals surface area contributed by atoms with Crippen molar-refractivity contribution in [3.63, 3.8) is 0 Å². The van der Waals surface area contributed by atoms with Crippen LogP contribution in [0.2, 0.25) is 0 Å². The summed E-state index contributed by atoms with van der Waals surface area (Å²) in [7, 11) is 0. The van der Waals surface area contributed by atoms with Crippen molar-refractivity contribution >= 4 is 18.7 Å². The summed E-state index contributed by atoms with van der Waals surface area (Å²) < 4.78 is 0. The summed E-state index contributed by atoms with van der Waals surface area (Å²) in [6, 6.07) is 4.52. The van der Waals surface area contributed by atoms with E-state index in [9.17, 15) is 0 Å². The van der Waals surface area contributed by atoms with Crippen LogP contribution < -0.4 is 10.4 Å². The second-order valence-corrected chi connectivity index (χ2v) is 10.7. The van der Waals surface area contributed by atoms with Crippen LogP contribution in [-0.4, -0.2) is 0 Å². The molecule has 0 saturated heterocycles. The molecular formula is C33H48. The molecule has 0 heterocycles. The molecule has 0 nitrogen and oxygen atoms in total. The van der Waals surface area contributed by atoms with E-state index in [4.69, 9.17) is 0 Å². The van der Waals surface area contributed by atoms with E-state index in [0.717, 1.165) is 10.4 Å². The largest absolute Gasteiger partial charge is 0.0909 e. The van der Waals surface area contributed by atoms with Crippen LogP contribution in [0.25, 0.3) is 18.7 Å². The van der Waals surface area contributed by atoms with Crippen LogP contribution in [0.15, 0.2) is 52.2 Å². The van der Waals surface area contributed by atoms with Crippen LogP contribution in [0, 0.1) is 5.41 Å². The standard InChI is InChI=1S/C33H48/c1-12-14-18-33(19-15-13-2)31(20-22(3)4)27(10)28(11)32(33)21-24(7)30-17-16-29(23(5)6)25(8)26(30)9/h16-17,20-21,23H,8-9,12-15,18-19H2,1-7,10-11H3/b24-21+. The third-order valence-electron chi connectivity index (χ3n) is 7.62. The van der Waals surface area contributed by atoms with Crippen molar-refractivity contribution in [2.24, 2.45) is 5.41 Å². The molecule has 0 radical (unpaired) electrons. The molecule has 1 aliphatic rings. The third-order valence-corrected chi connectivity index (χ3v) is 7.62. The Morgan fingerprint density at radius 3 is 1.82 bits per heavy atom. The summed E-state index contributed by atoms with van der Waals surface area (Å²) in [4.78, 5) is 0. The molecule has 0 atom stereocenters. The molecule has 1 aromatic rings. The summed E-state index contributed by atoms with van der Waals surface area (Å²) in [5, 5.41) is 2.17. The molecule has 1 aliphatic carbocycles. The lowest BCUT2D eigenvalue weighted by atomic mass is 9.68. The van der Waals surface area contributed by atoms with E-state index in [1.54, 1.807) is 5.57 Å². The monoisotopic (exact) mass is 444 g/mol. The van der Waals surface area contributed by atoms with E-state index in [1.165, 1.54) is 77.5 Å². The zero-order chi connectivity index (χ0) is 24.9. The highest BCUT2D eigenvalue weighted by atomic mass is 14.4. The smallest absolute Gasteiger partial charge is 0.0208 e. The van der Waals surface area contributed by atoms with Crippen molar-refractivity contribution in [2.75, 3.05) is 0 Å². The predicted molar refractivity (Wildman–Crippen MR) is 151 cm³/mol. The molecule has 33 heavy (non-hydrogen) atoms. The Hall–Kier alpha value is -2.08. The van der Waals surface area contributed by atoms with Gasteiger partial charge in [0.1, 0.15) is 0 Å². The molecule has 1 aromatic carbocycles. The molecule has 0 unspecified atom stereocenters. The molecule has 0 fully saturated rings. The zero-order valence-electron chi connectivity index (χ0n) is 23.0. The maximum absolute atomic E-state index is 4.44. The van der Waals surface area contributed by atoms with Crippen molar-refractivity contribution in [1.82, 2.24) is 0 Å². The fourth-order valence-corrected chi connectivity index (χ4v) is 5.58. The molecule has 0 aromatic heterocycles. The highest BCUT2D eigenvalue weighted by molar-refractivity contribution is 5.72. The fraction of sp³-hybridized carbons (Fsp3) is 0.515. The lowest BCUT2D eigenvalue weighted by Crippen LogP contribution is -2.30. The number of rotatable bonds is 10. The average molecular weight is 445 g/mol. The van der Waals surface area contributed by atoms with E-state index in [2.05, 4.69) is 99.8 Å². The van der Waals surface area contributed by atoms with Crippen LogP contribution in [0.4, 0.5) is 0 Å². The van der Waals surface area contributed by atoms with E-state index >= 15 is 0 Å². The van der Waals surface area contributed by atoms with Crippen molar-refractivity contribution in [2.45, 2.75) is 107 Å². The highest BCUT2D eigenvalue weighted by Gasteiger charge is 2.41. The maximum atomic E-state index is 4.44. The van der Waals surface area contributed by atoms with Gasteiger partial charge in [0.25, 0.3) is 0 Å². The van der Waals surface area contributed by atoms with Crippen LogP contribution in [0.5, 0.6) is 0 Å². The Kier molecular flexibility index (Phi) is 9.36. The van der Waals surface area contributed by atoms with Crippen molar-refractivity contribution < 1.29 is 0 Å². The van der Waals surface area contributed by atoms with E-state index in [-0.39, 0.29) is 5.41 Å². The summed E-state index contributed by atoms with van der Waals surface area (Å²) >= 11 is 0. The van der Waals surface area contributed by atoms with Gasteiger partial charge in [0, 0.05) is 5.41 Å². The highest BCUT2D eigenvalue weighted by Crippen LogP contribution is 2.55. The first-order valence-electron chi connectivity index (χ1n) is 13.1. The molecule has 0 aliphatic heterocycles. The summed E-state index contributed by atoms with van der Waals surface area (Å²) in [5.41, 5.74) is 11.4. The Balaban J connectivity index is 2.73. The van der Waals surface area contributed by atoms with Gasteiger partial charge in [-0.15, -0.1) is 0 Å². The molecule has 0 amide bonds. The number of allylic oxidation sites excluding steroid dienone is 8. The summed E-state index contributed by atoms with van der Waals surface area (Å²) in [6.45, 7) is 29.3. The zero-order valence-corrected chi connectivity index (χ0v) is 23.0. The van der Waals surface area contributed by atoms with E-state index < -0.39 is 0 Å². The molecular weight excluding hydrogens is 396 g/mol. The predicted octanol–water partition coefficient (Wildman–Crippen LogP) is 9.01. The Morgan fingerprint density at radius 2 is 1.36 bits per heavy atom. The van der Waals surface area contributed by atoms with Crippen LogP contribution >= 0.6 is 0 Å². The van der Waals surface area contributed by atoms with Crippen LogP contribution in [0.1, 0.15) is 118 Å². The lowest BCUT2D eigenvalue weighted by molar-refractivity contribution is 0.358. The van der Waals surface area contributed by atoms with Gasteiger partial charge in [-0.25, -0.2) is 0 Å². The van der Waals surface area contributed by atoms with Gasteiger partial charge >= 0.3 is 0 Å². The second-order valence-electron chi connectivity index (χ2n) is 10.7. The van der Waals surface area contributed by atoms with Crippen LogP contribution in [0.3, 0.4) is 0 Å². The normalized spacial score (nSPS) is 16.2. The SMILES string of the molecule is C=c1c(/C(C)=C/C2=C(C)C(C)=C(C=C(C)C)C2(CCCC)CCCC)ccc(C(C)C)c1=C. The van der Waals surface area contributed by atoms with E-state index in [0.29, 0.717) is 5.92 Å². The number of hydrogen-bond acceptors (Lipinski definition) is 0. The average Bonchev–Trinajstić information content (AvgIpc) is 2.94. The first-order valence-corrected chi connectivity index (χ1v) is 13.1. The third kappa shape index (κ3) is 5.53. The Labute approximate surface area is 204 Å². The second kappa shape index (κ2) is 11.4. The van der Waals surface area contributed by atoms with Crippen molar-refractivity contribution in [3.8, 4) is 0 Å². The molecule has 0 heteroatoms. The number of hydrogen-bond donors (Lipinski definition) is 0. The number of unbranched alkanes of at least 4 members (excludes halogenated alkanes) is 2. The minimum absolute atomic E-state index is 0.116. The molecule has 0 spiro atoms. The summed E-state index contributed by atoms with van der Waals surface area (Å²) in [5.74, 6) is 0.463. The molecule has 0 saturated carbocycles. The first kappa shape index (κ1) is 27.2. The summed E-state index contributed by atoms with van der Waals surface area (Å²) in [6.07, 6.45) is 12.4. The van der Waals surface area contributed by atoms with Crippen molar-refractivity contribution in [3.05, 3.63) is 73.7 Å². The minimum Gasteiger partial charge on any atom is -0.0909 e.